The van der Waals surface area contributed by atoms with E-state index >= 15 is 0 Å². The van der Waals surface area contributed by atoms with Crippen LogP contribution in [0.25, 0.3) is 0 Å². The highest BCUT2D eigenvalue weighted by atomic mass is 16.5. The molecule has 0 aliphatic rings. The number of anilines is 1. The van der Waals surface area contributed by atoms with E-state index in [1.165, 1.54) is 0 Å². The molecule has 0 saturated carbocycles. The van der Waals surface area contributed by atoms with Crippen LogP contribution in [0.15, 0.2) is 48.5 Å². The van der Waals surface area contributed by atoms with Crippen molar-refractivity contribution < 1.29 is 9.84 Å². The molecule has 0 bridgehead atoms. The zero-order chi connectivity index (χ0) is 12.7. The van der Waals surface area contributed by atoms with Crippen molar-refractivity contribution in [3.63, 3.8) is 0 Å². The molecule has 3 nitrogen and oxygen atoms in total. The van der Waals surface area contributed by atoms with Gasteiger partial charge in [-0.25, -0.2) is 0 Å². The van der Waals surface area contributed by atoms with E-state index in [0.29, 0.717) is 17.2 Å². The van der Waals surface area contributed by atoms with Crippen LogP contribution in [0.1, 0.15) is 13.8 Å². The second-order valence-corrected chi connectivity index (χ2v) is 3.13. The fourth-order valence-corrected chi connectivity index (χ4v) is 1.21. The van der Waals surface area contributed by atoms with Gasteiger partial charge in [-0.2, -0.15) is 0 Å². The van der Waals surface area contributed by atoms with E-state index in [0.717, 1.165) is 0 Å². The summed E-state index contributed by atoms with van der Waals surface area (Å²) in [5.74, 6) is 1.47. The Morgan fingerprint density at radius 1 is 0.941 bits per heavy atom. The average Bonchev–Trinajstić information content (AvgIpc) is 2.37. The molecule has 0 radical (unpaired) electrons. The zero-order valence-corrected chi connectivity index (χ0v) is 10.1. The van der Waals surface area contributed by atoms with Gasteiger partial charge in [0.1, 0.15) is 17.2 Å². The first-order chi connectivity index (χ1) is 8.25. The molecule has 0 fully saturated rings. The predicted octanol–water partition coefficient (Wildman–Crippen LogP) is 3.79. The van der Waals surface area contributed by atoms with Crippen LogP contribution < -0.4 is 10.5 Å². The Morgan fingerprint density at radius 2 is 1.53 bits per heavy atom. The molecule has 0 aliphatic carbocycles. The number of ether oxygens (including phenoxy) is 1. The molecule has 0 unspecified atom stereocenters. The van der Waals surface area contributed by atoms with E-state index < -0.39 is 0 Å². The first-order valence-corrected chi connectivity index (χ1v) is 5.57. The SMILES string of the molecule is CC.Nc1ccccc1Oc1ccc(O)cc1. The standard InChI is InChI=1S/C12H11NO2.C2H6/c13-11-3-1-2-4-12(11)15-10-7-5-9(14)6-8-10;1-2/h1-8,14H,13H2;1-2H3. The number of phenols is 1. The molecule has 2 aromatic carbocycles. The molecular formula is C14H17NO2. The lowest BCUT2D eigenvalue weighted by Gasteiger charge is -2.07. The minimum absolute atomic E-state index is 0.211. The lowest BCUT2D eigenvalue weighted by molar-refractivity contribution is 0.465. The summed E-state index contributed by atoms with van der Waals surface area (Å²) in [6.07, 6.45) is 0. The largest absolute Gasteiger partial charge is 0.508 e. The molecule has 17 heavy (non-hydrogen) atoms. The van der Waals surface area contributed by atoms with E-state index in [4.69, 9.17) is 15.6 Å². The maximum atomic E-state index is 9.10. The molecule has 0 spiro atoms. The smallest absolute Gasteiger partial charge is 0.150 e. The molecule has 0 amide bonds. The number of benzene rings is 2. The Hall–Kier alpha value is -2.16. The van der Waals surface area contributed by atoms with Gasteiger partial charge in [-0.3, -0.25) is 0 Å². The van der Waals surface area contributed by atoms with E-state index in [9.17, 15) is 0 Å². The molecule has 0 atom stereocenters. The molecule has 0 heterocycles. The fourth-order valence-electron chi connectivity index (χ4n) is 1.21. The van der Waals surface area contributed by atoms with Gasteiger partial charge in [0.05, 0.1) is 5.69 Å². The highest BCUT2D eigenvalue weighted by Gasteiger charge is 2.00. The number of hydrogen-bond acceptors (Lipinski definition) is 3. The van der Waals surface area contributed by atoms with Crippen LogP contribution in [0.2, 0.25) is 0 Å². The number of para-hydroxylation sites is 2. The maximum Gasteiger partial charge on any atom is 0.150 e. The Kier molecular flexibility index (Phi) is 4.88. The average molecular weight is 231 g/mol. The second kappa shape index (κ2) is 6.43. The van der Waals surface area contributed by atoms with Crippen LogP contribution in [-0.4, -0.2) is 5.11 Å². The van der Waals surface area contributed by atoms with Crippen molar-refractivity contribution in [1.29, 1.82) is 0 Å². The Bertz CT molecular complexity index is 452. The Labute approximate surface area is 101 Å². The van der Waals surface area contributed by atoms with Crippen LogP contribution in [0, 0.1) is 0 Å². The molecule has 0 aliphatic heterocycles. The molecular weight excluding hydrogens is 214 g/mol. The zero-order valence-electron chi connectivity index (χ0n) is 10.1. The normalized spacial score (nSPS) is 9.06. The monoisotopic (exact) mass is 231 g/mol. The van der Waals surface area contributed by atoms with Gasteiger partial charge >= 0.3 is 0 Å². The molecule has 0 saturated heterocycles. The lowest BCUT2D eigenvalue weighted by Crippen LogP contribution is -1.90. The van der Waals surface area contributed by atoms with E-state index in [-0.39, 0.29) is 5.75 Å². The van der Waals surface area contributed by atoms with Crippen LogP contribution >= 0.6 is 0 Å². The summed E-state index contributed by atoms with van der Waals surface area (Å²) in [7, 11) is 0. The van der Waals surface area contributed by atoms with E-state index in [2.05, 4.69) is 0 Å². The van der Waals surface area contributed by atoms with Crippen LogP contribution in [0.5, 0.6) is 17.2 Å². The van der Waals surface area contributed by atoms with Gasteiger partial charge in [0.2, 0.25) is 0 Å². The molecule has 90 valence electrons. The minimum atomic E-state index is 0.211. The second-order valence-electron chi connectivity index (χ2n) is 3.13. The number of rotatable bonds is 2. The van der Waals surface area contributed by atoms with Crippen molar-refractivity contribution in [2.24, 2.45) is 0 Å². The summed E-state index contributed by atoms with van der Waals surface area (Å²) >= 11 is 0. The first-order valence-electron chi connectivity index (χ1n) is 5.57. The third-order valence-electron chi connectivity index (χ3n) is 1.98. The summed E-state index contributed by atoms with van der Waals surface area (Å²) in [4.78, 5) is 0. The topological polar surface area (TPSA) is 55.5 Å². The van der Waals surface area contributed by atoms with Gasteiger partial charge in [0.25, 0.3) is 0 Å². The van der Waals surface area contributed by atoms with Crippen LogP contribution in [0.3, 0.4) is 0 Å². The van der Waals surface area contributed by atoms with Crippen molar-refractivity contribution in [2.45, 2.75) is 13.8 Å². The molecule has 2 rings (SSSR count). The molecule has 3 N–H and O–H groups in total. The summed E-state index contributed by atoms with van der Waals surface area (Å²) in [6, 6.07) is 13.8. The van der Waals surface area contributed by atoms with E-state index in [1.807, 2.05) is 26.0 Å². The van der Waals surface area contributed by atoms with Crippen molar-refractivity contribution in [3.05, 3.63) is 48.5 Å². The highest BCUT2D eigenvalue weighted by Crippen LogP contribution is 2.27. The summed E-state index contributed by atoms with van der Waals surface area (Å²) < 4.78 is 5.53. The molecule has 0 aromatic heterocycles. The fraction of sp³-hybridized carbons (Fsp3) is 0.143. The van der Waals surface area contributed by atoms with Crippen molar-refractivity contribution >= 4 is 5.69 Å². The van der Waals surface area contributed by atoms with Gasteiger partial charge in [0, 0.05) is 0 Å². The van der Waals surface area contributed by atoms with Crippen LogP contribution in [0.4, 0.5) is 5.69 Å². The number of phenolic OH excluding ortho intramolecular Hbond substituents is 1. The Balaban J connectivity index is 0.000000686. The third-order valence-corrected chi connectivity index (χ3v) is 1.98. The van der Waals surface area contributed by atoms with Gasteiger partial charge in [0.15, 0.2) is 0 Å². The van der Waals surface area contributed by atoms with Gasteiger partial charge in [-0.05, 0) is 36.4 Å². The highest BCUT2D eigenvalue weighted by molar-refractivity contribution is 5.53. The minimum Gasteiger partial charge on any atom is -0.508 e. The number of nitrogens with two attached hydrogens (primary N) is 1. The number of nitrogen functional groups attached to an aromatic ring is 1. The third kappa shape index (κ3) is 3.72. The predicted molar refractivity (Wildman–Crippen MR) is 70.4 cm³/mol. The Morgan fingerprint density at radius 3 is 2.12 bits per heavy atom. The number of aromatic hydroxyl groups is 1. The van der Waals surface area contributed by atoms with Crippen LogP contribution in [-0.2, 0) is 0 Å². The summed E-state index contributed by atoms with van der Waals surface area (Å²) in [5, 5.41) is 9.10. The lowest BCUT2D eigenvalue weighted by atomic mass is 10.3. The van der Waals surface area contributed by atoms with Crippen molar-refractivity contribution in [3.8, 4) is 17.2 Å². The molecule has 2 aromatic rings. The van der Waals surface area contributed by atoms with Crippen molar-refractivity contribution in [1.82, 2.24) is 0 Å². The maximum absolute atomic E-state index is 9.10. The number of hydrogen-bond donors (Lipinski definition) is 2. The van der Waals surface area contributed by atoms with Gasteiger partial charge < -0.3 is 15.6 Å². The van der Waals surface area contributed by atoms with Crippen molar-refractivity contribution in [2.75, 3.05) is 5.73 Å². The van der Waals surface area contributed by atoms with Gasteiger partial charge in [-0.15, -0.1) is 0 Å². The molecule has 3 heteroatoms. The summed E-state index contributed by atoms with van der Waals surface area (Å²) in [6.45, 7) is 4.00. The summed E-state index contributed by atoms with van der Waals surface area (Å²) in [5.41, 5.74) is 6.31. The van der Waals surface area contributed by atoms with Gasteiger partial charge in [-0.1, -0.05) is 26.0 Å². The first kappa shape index (κ1) is 12.9. The quantitative estimate of drug-likeness (QED) is 0.773. The van der Waals surface area contributed by atoms with E-state index in [1.54, 1.807) is 36.4 Å².